The summed E-state index contributed by atoms with van der Waals surface area (Å²) in [6.45, 7) is 1.98. The first-order valence-corrected chi connectivity index (χ1v) is 10.9. The van der Waals surface area contributed by atoms with Crippen molar-refractivity contribution in [3.63, 3.8) is 0 Å². The molecule has 3 aromatic rings. The molecule has 0 aliphatic heterocycles. The highest BCUT2D eigenvalue weighted by Crippen LogP contribution is 2.19. The van der Waals surface area contributed by atoms with E-state index in [-0.39, 0.29) is 11.7 Å². The van der Waals surface area contributed by atoms with Gasteiger partial charge in [-0.3, -0.25) is 14.2 Å². The molecule has 1 amide bonds. The lowest BCUT2D eigenvalue weighted by atomic mass is 10.1. The van der Waals surface area contributed by atoms with Gasteiger partial charge in [-0.1, -0.05) is 30.3 Å². The van der Waals surface area contributed by atoms with Gasteiger partial charge >= 0.3 is 0 Å². The molecule has 0 aliphatic rings. The number of carbonyl (C=O) groups is 1. The first-order valence-electron chi connectivity index (χ1n) is 9.24. The molecule has 29 heavy (non-hydrogen) atoms. The predicted octanol–water partition coefficient (Wildman–Crippen LogP) is 3.43. The maximum absolute atomic E-state index is 12.1. The van der Waals surface area contributed by atoms with Crippen LogP contribution < -0.4 is 9.47 Å². The summed E-state index contributed by atoms with van der Waals surface area (Å²) in [5, 5.41) is 0.981. The summed E-state index contributed by atoms with van der Waals surface area (Å²) in [6.07, 6.45) is 5.84. The average Bonchev–Trinajstić information content (AvgIpc) is 2.69. The second-order valence-corrected chi connectivity index (χ2v) is 8.23. The lowest BCUT2D eigenvalue weighted by Crippen LogP contribution is -2.35. The molecule has 0 spiro atoms. The number of fused-ring (bicyclic) bond motifs is 1. The van der Waals surface area contributed by atoms with Crippen LogP contribution in [-0.4, -0.2) is 24.6 Å². The summed E-state index contributed by atoms with van der Waals surface area (Å²) >= 11 is 0. The van der Waals surface area contributed by atoms with Crippen LogP contribution in [0.4, 0.5) is 5.69 Å². The smallest absolute Gasteiger partial charge is 0.265 e. The van der Waals surface area contributed by atoms with Gasteiger partial charge in [-0.2, -0.15) is 13.0 Å². The minimum atomic E-state index is -3.97. The third-order valence-corrected chi connectivity index (χ3v) is 5.34. The van der Waals surface area contributed by atoms with Crippen LogP contribution >= 0.6 is 0 Å². The largest absolute Gasteiger partial charge is 0.288 e. The normalized spacial score (nSPS) is 11.8. The second-order valence-electron chi connectivity index (χ2n) is 6.66. The van der Waals surface area contributed by atoms with Gasteiger partial charge in [-0.05, 0) is 29.8 Å². The van der Waals surface area contributed by atoms with Crippen molar-refractivity contribution in [2.45, 2.75) is 19.9 Å². The van der Waals surface area contributed by atoms with E-state index < -0.39 is 10.1 Å². The van der Waals surface area contributed by atoms with Crippen molar-refractivity contribution in [1.82, 2.24) is 0 Å². The van der Waals surface area contributed by atoms with E-state index in [4.69, 9.17) is 4.55 Å². The van der Waals surface area contributed by atoms with Crippen LogP contribution in [-0.2, 0) is 21.5 Å². The van der Waals surface area contributed by atoms with E-state index in [2.05, 4.69) is 0 Å². The number of anilines is 1. The Bertz CT molecular complexity index is 1140. The number of pyridine rings is 1. The fourth-order valence-electron chi connectivity index (χ4n) is 3.18. The number of benzene rings is 2. The molecule has 0 radical (unpaired) electrons. The highest BCUT2D eigenvalue weighted by molar-refractivity contribution is 7.85. The van der Waals surface area contributed by atoms with Crippen LogP contribution in [0.5, 0.6) is 0 Å². The number of amides is 1. The van der Waals surface area contributed by atoms with Crippen LogP contribution in [0.15, 0.2) is 73.1 Å². The van der Waals surface area contributed by atoms with Crippen molar-refractivity contribution in [1.29, 1.82) is 0 Å². The van der Waals surface area contributed by atoms with Crippen LogP contribution in [0.25, 0.3) is 17.0 Å². The van der Waals surface area contributed by atoms with Crippen molar-refractivity contribution < 1.29 is 22.3 Å². The average molecular weight is 412 g/mol. The van der Waals surface area contributed by atoms with E-state index in [9.17, 15) is 13.2 Å². The van der Waals surface area contributed by atoms with Crippen molar-refractivity contribution in [2.75, 3.05) is 10.7 Å². The van der Waals surface area contributed by atoms with Crippen molar-refractivity contribution >= 4 is 38.7 Å². The highest BCUT2D eigenvalue weighted by Gasteiger charge is 2.14. The molecule has 6 nitrogen and oxygen atoms in total. The molecule has 0 saturated heterocycles. The van der Waals surface area contributed by atoms with Gasteiger partial charge in [0, 0.05) is 37.4 Å². The molecule has 0 bridgehead atoms. The van der Waals surface area contributed by atoms with Gasteiger partial charge in [-0.15, -0.1) is 0 Å². The lowest BCUT2D eigenvalue weighted by Gasteiger charge is -2.16. The second kappa shape index (κ2) is 8.98. The molecule has 0 unspecified atom stereocenters. The fraction of sp³-hybridized carbons (Fsp3) is 0.182. The van der Waals surface area contributed by atoms with Gasteiger partial charge in [0.05, 0.1) is 11.1 Å². The maximum Gasteiger partial charge on any atom is 0.265 e. The van der Waals surface area contributed by atoms with Gasteiger partial charge in [0.15, 0.2) is 6.20 Å². The Kier molecular flexibility index (Phi) is 6.41. The Balaban J connectivity index is 1.91. The highest BCUT2D eigenvalue weighted by atomic mass is 32.2. The predicted molar refractivity (Wildman–Crippen MR) is 114 cm³/mol. The molecule has 7 heteroatoms. The van der Waals surface area contributed by atoms with Crippen molar-refractivity contribution in [3.05, 3.63) is 78.6 Å². The number of hydrogen-bond acceptors (Lipinski definition) is 3. The zero-order valence-corrected chi connectivity index (χ0v) is 16.9. The standard InChI is InChI=1S/C22H22N2O4S/c1-18(25)24(20-8-3-2-4-9-20)16-13-19-12-15-23(14-7-17-29(26,27)28)22-11-6-5-10-21(19)22/h2-6,8-13,15-16H,7,14,17H2,1H3/p+1. The summed E-state index contributed by atoms with van der Waals surface area (Å²) in [6, 6.07) is 19.1. The monoisotopic (exact) mass is 411 g/mol. The maximum atomic E-state index is 12.1. The molecule has 2 aromatic carbocycles. The van der Waals surface area contributed by atoms with Crippen LogP contribution in [0, 0.1) is 0 Å². The van der Waals surface area contributed by atoms with E-state index in [1.807, 2.05) is 77.5 Å². The number of carbonyl (C=O) groups excluding carboxylic acids is 1. The summed E-state index contributed by atoms with van der Waals surface area (Å²) < 4.78 is 32.8. The molecule has 0 atom stereocenters. The third kappa shape index (κ3) is 5.49. The van der Waals surface area contributed by atoms with E-state index in [1.54, 1.807) is 11.1 Å². The molecule has 1 aromatic heterocycles. The molecule has 0 aliphatic carbocycles. The Morgan fingerprint density at radius 1 is 1.07 bits per heavy atom. The number of hydrogen-bond donors (Lipinski definition) is 1. The number of aryl methyl sites for hydroxylation is 1. The summed E-state index contributed by atoms with van der Waals surface area (Å²) in [5.74, 6) is -0.367. The summed E-state index contributed by atoms with van der Waals surface area (Å²) in [5.41, 5.74) is 2.67. The Hall–Kier alpha value is -3.03. The third-order valence-electron chi connectivity index (χ3n) is 4.54. The van der Waals surface area contributed by atoms with Crippen molar-refractivity contribution in [3.8, 4) is 0 Å². The van der Waals surface area contributed by atoms with E-state index in [0.717, 1.165) is 22.2 Å². The first kappa shape index (κ1) is 20.7. The number of para-hydroxylation sites is 2. The van der Waals surface area contributed by atoms with Gasteiger partial charge in [0.2, 0.25) is 11.4 Å². The topological polar surface area (TPSA) is 78.6 Å². The minimum Gasteiger partial charge on any atom is -0.288 e. The van der Waals surface area contributed by atoms with E-state index >= 15 is 0 Å². The van der Waals surface area contributed by atoms with Crippen LogP contribution in [0.3, 0.4) is 0 Å². The molecule has 1 N–H and O–H groups in total. The molecule has 0 fully saturated rings. The first-order chi connectivity index (χ1) is 13.8. The summed E-state index contributed by atoms with van der Waals surface area (Å²) in [7, 11) is -3.97. The van der Waals surface area contributed by atoms with E-state index in [0.29, 0.717) is 13.0 Å². The quantitative estimate of drug-likeness (QED) is 0.477. The van der Waals surface area contributed by atoms with Gasteiger partial charge in [0.25, 0.3) is 10.1 Å². The lowest BCUT2D eigenvalue weighted by molar-refractivity contribution is -0.671. The van der Waals surface area contributed by atoms with Gasteiger partial charge < -0.3 is 0 Å². The number of rotatable bonds is 7. The van der Waals surface area contributed by atoms with Crippen molar-refractivity contribution in [2.24, 2.45) is 0 Å². The Labute approximate surface area is 170 Å². The Morgan fingerprint density at radius 3 is 2.45 bits per heavy atom. The summed E-state index contributed by atoms with van der Waals surface area (Å²) in [4.78, 5) is 13.7. The fourth-order valence-corrected chi connectivity index (χ4v) is 3.68. The zero-order chi connectivity index (χ0) is 20.9. The van der Waals surface area contributed by atoms with Crippen LogP contribution in [0.1, 0.15) is 18.9 Å². The molecule has 1 heterocycles. The zero-order valence-electron chi connectivity index (χ0n) is 16.1. The number of nitrogens with zero attached hydrogens (tertiary/aromatic N) is 2. The molecule has 3 rings (SSSR count). The molecule has 0 saturated carbocycles. The van der Waals surface area contributed by atoms with E-state index in [1.165, 1.54) is 6.92 Å². The van der Waals surface area contributed by atoms with Gasteiger partial charge in [0.1, 0.15) is 6.54 Å². The molecule has 150 valence electrons. The number of aromatic nitrogens is 1. The van der Waals surface area contributed by atoms with Crippen LogP contribution in [0.2, 0.25) is 0 Å². The molecular weight excluding hydrogens is 388 g/mol. The van der Waals surface area contributed by atoms with Gasteiger partial charge in [-0.25, -0.2) is 0 Å². The SMILES string of the molecule is CC(=O)N(/C=C/c1cc[n+](CCCS(=O)(=O)O)c2ccccc12)c1ccccc1. The minimum absolute atomic E-state index is 0.0898. The molecular formula is C22H23N2O4S+. The Morgan fingerprint density at radius 2 is 1.76 bits per heavy atom.